The van der Waals surface area contributed by atoms with Crippen molar-refractivity contribution in [2.24, 2.45) is 0 Å². The second-order valence-electron chi connectivity index (χ2n) is 8.83. The first-order chi connectivity index (χ1) is 17.8. The van der Waals surface area contributed by atoms with Gasteiger partial charge in [0.05, 0.1) is 40.0 Å². The number of phenolic OH excluding ortho intramolecular Hbond substituents is 1. The number of fused-ring (bicyclic) bond motifs is 1. The van der Waals surface area contributed by atoms with E-state index in [1.54, 1.807) is 30.4 Å². The van der Waals surface area contributed by atoms with Crippen molar-refractivity contribution >= 4 is 6.08 Å². The van der Waals surface area contributed by atoms with E-state index in [2.05, 4.69) is 0 Å². The number of rotatable bonds is 9. The molecule has 202 valence electrons. The molecule has 11 nitrogen and oxygen atoms in total. The highest BCUT2D eigenvalue weighted by Crippen LogP contribution is 2.51. The molecule has 2 aromatic rings. The fourth-order valence-corrected chi connectivity index (χ4v) is 4.57. The molecule has 0 amide bonds. The summed E-state index contributed by atoms with van der Waals surface area (Å²) in [5.41, 5.74) is 2.20. The number of phenols is 1. The van der Waals surface area contributed by atoms with Crippen LogP contribution in [0, 0.1) is 0 Å². The van der Waals surface area contributed by atoms with Crippen LogP contribution in [0.4, 0.5) is 0 Å². The number of methoxy groups -OCH3 is 2. The first kappa shape index (κ1) is 27.1. The maximum Gasteiger partial charge on any atom is 0.187 e. The molecule has 6 N–H and O–H groups in total. The topological polar surface area (TPSA) is 168 Å². The second kappa shape index (κ2) is 11.7. The van der Waals surface area contributed by atoms with Crippen LogP contribution in [0.5, 0.6) is 23.0 Å². The van der Waals surface area contributed by atoms with Crippen LogP contribution in [0.1, 0.15) is 28.7 Å². The minimum atomic E-state index is -1.52. The molecule has 0 aliphatic carbocycles. The normalized spacial score (nSPS) is 29.2. The molecule has 0 aromatic heterocycles. The van der Waals surface area contributed by atoms with Crippen molar-refractivity contribution in [2.45, 2.75) is 42.7 Å². The zero-order valence-electron chi connectivity index (χ0n) is 20.4. The van der Waals surface area contributed by atoms with Gasteiger partial charge in [-0.2, -0.15) is 0 Å². The van der Waals surface area contributed by atoms with E-state index in [0.717, 1.165) is 16.7 Å². The number of aromatic hydroxyl groups is 1. The van der Waals surface area contributed by atoms with E-state index >= 15 is 0 Å². The van der Waals surface area contributed by atoms with Gasteiger partial charge in [-0.3, -0.25) is 0 Å². The largest absolute Gasteiger partial charge is 0.504 e. The highest BCUT2D eigenvalue weighted by molar-refractivity contribution is 5.62. The van der Waals surface area contributed by atoms with Crippen molar-refractivity contribution in [3.05, 3.63) is 53.1 Å². The molecule has 1 saturated heterocycles. The van der Waals surface area contributed by atoms with E-state index in [4.69, 9.17) is 23.7 Å². The van der Waals surface area contributed by atoms with E-state index in [-0.39, 0.29) is 19.0 Å². The summed E-state index contributed by atoms with van der Waals surface area (Å²) in [6, 6.07) is 8.51. The van der Waals surface area contributed by atoms with Gasteiger partial charge in [-0.1, -0.05) is 18.2 Å². The van der Waals surface area contributed by atoms with Crippen molar-refractivity contribution in [3.63, 3.8) is 0 Å². The third-order valence-electron chi connectivity index (χ3n) is 6.58. The molecule has 4 rings (SSSR count). The SMILES string of the molecule is COc1cc(C2Oc3c(OC)cc(C=CCOC4OC(CO)C(O)C(O)C4O)cc3C2CO)ccc1O. The maximum absolute atomic E-state index is 10.2. The number of aliphatic hydroxyl groups is 5. The van der Waals surface area contributed by atoms with Gasteiger partial charge in [0.15, 0.2) is 29.3 Å². The zero-order valence-corrected chi connectivity index (χ0v) is 20.4. The molecule has 0 spiro atoms. The summed E-state index contributed by atoms with van der Waals surface area (Å²) in [5, 5.41) is 59.3. The smallest absolute Gasteiger partial charge is 0.187 e. The predicted molar refractivity (Wildman–Crippen MR) is 130 cm³/mol. The van der Waals surface area contributed by atoms with Crippen molar-refractivity contribution in [1.29, 1.82) is 0 Å². The Kier molecular flexibility index (Phi) is 8.55. The van der Waals surface area contributed by atoms with E-state index < -0.39 is 49.3 Å². The fraction of sp³-hybridized carbons (Fsp3) is 0.462. The molecule has 0 radical (unpaired) electrons. The maximum atomic E-state index is 10.2. The molecule has 0 saturated carbocycles. The van der Waals surface area contributed by atoms with Gasteiger partial charge >= 0.3 is 0 Å². The number of aliphatic hydroxyl groups excluding tert-OH is 5. The van der Waals surface area contributed by atoms with E-state index in [9.17, 15) is 30.6 Å². The Morgan fingerprint density at radius 1 is 0.919 bits per heavy atom. The number of hydrogen-bond acceptors (Lipinski definition) is 11. The van der Waals surface area contributed by atoms with Crippen molar-refractivity contribution in [1.82, 2.24) is 0 Å². The lowest BCUT2D eigenvalue weighted by Gasteiger charge is -2.39. The lowest BCUT2D eigenvalue weighted by atomic mass is 9.90. The average molecular weight is 521 g/mol. The first-order valence-corrected chi connectivity index (χ1v) is 11.8. The predicted octanol–water partition coefficient (Wildman–Crippen LogP) is 0.449. The van der Waals surface area contributed by atoms with Crippen LogP contribution in [0.3, 0.4) is 0 Å². The molecule has 7 unspecified atom stereocenters. The lowest BCUT2D eigenvalue weighted by molar-refractivity contribution is -0.298. The molecular weight excluding hydrogens is 488 g/mol. The highest BCUT2D eigenvalue weighted by atomic mass is 16.7. The lowest BCUT2D eigenvalue weighted by Crippen LogP contribution is -2.59. The number of hydrogen-bond donors (Lipinski definition) is 6. The molecule has 2 heterocycles. The molecule has 2 aliphatic rings. The summed E-state index contributed by atoms with van der Waals surface area (Å²) >= 11 is 0. The van der Waals surface area contributed by atoms with E-state index in [1.807, 2.05) is 6.07 Å². The summed E-state index contributed by atoms with van der Waals surface area (Å²) in [5.74, 6) is 0.867. The molecule has 2 aromatic carbocycles. The van der Waals surface area contributed by atoms with Gasteiger partial charge in [0.25, 0.3) is 0 Å². The van der Waals surface area contributed by atoms with E-state index in [1.165, 1.54) is 20.3 Å². The van der Waals surface area contributed by atoms with Crippen LogP contribution in [-0.4, -0.2) is 95.4 Å². The van der Waals surface area contributed by atoms with Crippen molar-refractivity contribution in [3.8, 4) is 23.0 Å². The molecular formula is C26H32O11. The van der Waals surface area contributed by atoms with Crippen molar-refractivity contribution < 1.29 is 54.3 Å². The van der Waals surface area contributed by atoms with Gasteiger partial charge in [-0.15, -0.1) is 0 Å². The standard InChI is InChI=1S/C26H32O11/c1-33-18-10-14(5-6-17(18)29)24-16(11-27)15-8-13(9-19(34-2)25(15)37-24)4-3-7-35-26-23(32)22(31)21(30)20(12-28)36-26/h3-6,8-10,16,20-24,26-32H,7,11-12H2,1-2H3. The molecule has 11 heteroatoms. The van der Waals surface area contributed by atoms with Gasteiger partial charge in [-0.05, 0) is 35.4 Å². The van der Waals surface area contributed by atoms with Crippen LogP contribution in [0.25, 0.3) is 6.08 Å². The van der Waals surface area contributed by atoms with E-state index in [0.29, 0.717) is 17.2 Å². The Morgan fingerprint density at radius 2 is 1.68 bits per heavy atom. The summed E-state index contributed by atoms with van der Waals surface area (Å²) in [4.78, 5) is 0. The number of benzene rings is 2. The van der Waals surface area contributed by atoms with Gasteiger partial charge in [-0.25, -0.2) is 0 Å². The fourth-order valence-electron chi connectivity index (χ4n) is 4.57. The monoisotopic (exact) mass is 520 g/mol. The Hall–Kier alpha value is -2.90. The second-order valence-corrected chi connectivity index (χ2v) is 8.83. The Bertz CT molecular complexity index is 1100. The quantitative estimate of drug-likeness (QED) is 0.272. The third-order valence-corrected chi connectivity index (χ3v) is 6.58. The summed E-state index contributed by atoms with van der Waals surface area (Å²) < 4.78 is 27.8. The third kappa shape index (κ3) is 5.39. The van der Waals surface area contributed by atoms with Gasteiger partial charge in [0.2, 0.25) is 0 Å². The summed E-state index contributed by atoms with van der Waals surface area (Å²) in [7, 11) is 2.97. The Morgan fingerprint density at radius 3 is 2.35 bits per heavy atom. The summed E-state index contributed by atoms with van der Waals surface area (Å²) in [6.45, 7) is -0.739. The van der Waals surface area contributed by atoms with Crippen LogP contribution < -0.4 is 14.2 Å². The molecule has 2 aliphatic heterocycles. The van der Waals surface area contributed by atoms with Crippen LogP contribution >= 0.6 is 0 Å². The van der Waals surface area contributed by atoms with Gasteiger partial charge in [0.1, 0.15) is 30.5 Å². The molecule has 1 fully saturated rings. The minimum absolute atomic E-state index is 0.00162. The molecule has 0 bridgehead atoms. The van der Waals surface area contributed by atoms with Crippen LogP contribution in [0.15, 0.2) is 36.4 Å². The highest BCUT2D eigenvalue weighted by Gasteiger charge is 2.44. The average Bonchev–Trinajstić information content (AvgIpc) is 3.29. The zero-order chi connectivity index (χ0) is 26.7. The molecule has 7 atom stereocenters. The van der Waals surface area contributed by atoms with Gasteiger partial charge < -0.3 is 54.3 Å². The summed E-state index contributed by atoms with van der Waals surface area (Å²) in [6.07, 6.45) is -3.86. The van der Waals surface area contributed by atoms with Crippen LogP contribution in [-0.2, 0) is 9.47 Å². The Labute approximate surface area is 213 Å². The van der Waals surface area contributed by atoms with Crippen LogP contribution in [0.2, 0.25) is 0 Å². The molecule has 37 heavy (non-hydrogen) atoms. The first-order valence-electron chi connectivity index (χ1n) is 11.8. The van der Waals surface area contributed by atoms with Gasteiger partial charge in [0, 0.05) is 5.56 Å². The Balaban J connectivity index is 1.50. The number of ether oxygens (including phenoxy) is 5. The minimum Gasteiger partial charge on any atom is -0.504 e. The van der Waals surface area contributed by atoms with Crippen molar-refractivity contribution in [2.75, 3.05) is 34.0 Å².